The smallest absolute Gasteiger partial charge is 0.464 e. The minimum atomic E-state index is -0.238. The number of hydrogen-bond donors (Lipinski definition) is 0. The number of benzene rings is 1. The van der Waals surface area contributed by atoms with Crippen molar-refractivity contribution in [3.8, 4) is 0 Å². The van der Waals surface area contributed by atoms with Gasteiger partial charge < -0.3 is 13.7 Å². The predicted octanol–water partition coefficient (Wildman–Crippen LogP) is 6.91. The van der Waals surface area contributed by atoms with Crippen LogP contribution in [0.4, 0.5) is 0 Å². The maximum Gasteiger partial charge on any atom is 0.478 e. The summed E-state index contributed by atoms with van der Waals surface area (Å²) in [6.07, 6.45) is 5.32. The predicted molar refractivity (Wildman–Crippen MR) is 139 cm³/mol. The van der Waals surface area contributed by atoms with Gasteiger partial charge in [-0.1, -0.05) is 32.0 Å². The molecule has 6 rings (SSSR count). The zero-order valence-electron chi connectivity index (χ0n) is 16.6. The largest absolute Gasteiger partial charge is 0.478 e. The highest BCUT2D eigenvalue weighted by Gasteiger charge is 2.68. The van der Waals surface area contributed by atoms with E-state index in [1.165, 1.54) is 17.4 Å². The summed E-state index contributed by atoms with van der Waals surface area (Å²) < 4.78 is 21.6. The summed E-state index contributed by atoms with van der Waals surface area (Å²) in [5.74, 6) is 1.44. The molecule has 5 atom stereocenters. The van der Waals surface area contributed by atoms with Gasteiger partial charge in [0, 0.05) is 66.0 Å². The third kappa shape index (κ3) is 3.44. The maximum absolute atomic E-state index is 6.82. The molecule has 0 radical (unpaired) electrons. The van der Waals surface area contributed by atoms with Crippen LogP contribution in [0.15, 0.2) is 34.9 Å². The molecule has 3 saturated carbocycles. The minimum Gasteiger partial charge on any atom is -0.464 e. The summed E-state index contributed by atoms with van der Waals surface area (Å²) in [7, 11) is 3.17. The highest BCUT2D eigenvalue weighted by molar-refractivity contribution is 14.2. The second kappa shape index (κ2) is 8.02. The maximum atomic E-state index is 6.82. The molecule has 0 N–H and O–H groups in total. The van der Waals surface area contributed by atoms with E-state index in [9.17, 15) is 0 Å². The first-order chi connectivity index (χ1) is 13.9. The van der Waals surface area contributed by atoms with E-state index in [-0.39, 0.29) is 24.8 Å². The number of rotatable bonds is 6. The van der Waals surface area contributed by atoms with Crippen molar-refractivity contribution in [1.29, 1.82) is 0 Å². The third-order valence-electron chi connectivity index (χ3n) is 7.68. The lowest BCUT2D eigenvalue weighted by Gasteiger charge is -2.64. The highest BCUT2D eigenvalue weighted by atomic mass is 127. The van der Waals surface area contributed by atoms with Gasteiger partial charge >= 0.3 is 7.12 Å². The number of furan rings is 1. The normalized spacial score (nSPS) is 33.7. The molecule has 1 saturated heterocycles. The molecular formula is C20H24BI2NO3S2. The standard InChI is InChI=1S/C20H24BI2NO3S2/c1-19(2)13-9-16(19)20(3)17(10-13)26-21(27-20)18(24(28-22)29-23)8-12-11-25-15-7-5-4-6-14(12)15/h4-7,11,13,16-18H,8-10H2,1-3H3/t13-,16-,17+,18-,20-/m0/s1. The van der Waals surface area contributed by atoms with E-state index in [4.69, 9.17) is 13.7 Å². The van der Waals surface area contributed by atoms with E-state index in [2.05, 4.69) is 79.0 Å². The lowest BCUT2D eigenvalue weighted by molar-refractivity contribution is -0.199. The molecule has 0 unspecified atom stereocenters. The van der Waals surface area contributed by atoms with E-state index < -0.39 is 0 Å². The van der Waals surface area contributed by atoms with Crippen LogP contribution in [0.5, 0.6) is 0 Å². The monoisotopic (exact) mass is 655 g/mol. The minimum absolute atomic E-state index is 0.0996. The average Bonchev–Trinajstić information content (AvgIpc) is 3.28. The van der Waals surface area contributed by atoms with E-state index in [0.717, 1.165) is 24.3 Å². The quantitative estimate of drug-likeness (QED) is 0.191. The van der Waals surface area contributed by atoms with Gasteiger partial charge in [0.15, 0.2) is 0 Å². The van der Waals surface area contributed by atoms with Crippen LogP contribution in [0.3, 0.4) is 0 Å². The zero-order chi connectivity index (χ0) is 20.4. The van der Waals surface area contributed by atoms with Crippen LogP contribution in [0.2, 0.25) is 0 Å². The lowest BCUT2D eigenvalue weighted by atomic mass is 9.43. The second-order valence-electron chi connectivity index (χ2n) is 9.29. The third-order valence-corrected chi connectivity index (χ3v) is 13.1. The molecule has 0 spiro atoms. The van der Waals surface area contributed by atoms with E-state index >= 15 is 0 Å². The molecule has 2 heterocycles. The number of nitrogens with zero attached hydrogens (tertiary/aromatic N) is 1. The molecule has 29 heavy (non-hydrogen) atoms. The van der Waals surface area contributed by atoms with Crippen molar-refractivity contribution in [2.24, 2.45) is 17.3 Å². The van der Waals surface area contributed by atoms with Crippen LogP contribution in [-0.2, 0) is 15.7 Å². The molecular weight excluding hydrogens is 631 g/mol. The van der Waals surface area contributed by atoms with Gasteiger partial charge in [-0.2, -0.15) is 3.71 Å². The van der Waals surface area contributed by atoms with Crippen molar-refractivity contribution < 1.29 is 13.7 Å². The molecule has 2 aromatic rings. The van der Waals surface area contributed by atoms with Gasteiger partial charge in [-0.15, -0.1) is 0 Å². The van der Waals surface area contributed by atoms with Gasteiger partial charge in [0.1, 0.15) is 5.58 Å². The Bertz CT molecular complexity index is 911. The van der Waals surface area contributed by atoms with Crippen LogP contribution in [-0.4, -0.2) is 28.5 Å². The zero-order valence-corrected chi connectivity index (χ0v) is 22.6. The average molecular weight is 655 g/mol. The Labute approximate surface area is 205 Å². The van der Waals surface area contributed by atoms with E-state index in [1.807, 2.05) is 18.4 Å². The summed E-state index contributed by atoms with van der Waals surface area (Å²) in [6, 6.07) is 8.25. The summed E-state index contributed by atoms with van der Waals surface area (Å²) in [4.78, 5) is 0. The number of hydrogen-bond acceptors (Lipinski definition) is 6. The van der Waals surface area contributed by atoms with Gasteiger partial charge in [-0.05, 0) is 55.1 Å². The van der Waals surface area contributed by atoms with Crippen LogP contribution in [0.25, 0.3) is 11.0 Å². The van der Waals surface area contributed by atoms with Crippen LogP contribution < -0.4 is 0 Å². The second-order valence-corrected chi connectivity index (χ2v) is 12.9. The molecule has 4 fully saturated rings. The van der Waals surface area contributed by atoms with Crippen molar-refractivity contribution >= 4 is 78.7 Å². The van der Waals surface area contributed by atoms with Crippen molar-refractivity contribution in [2.75, 3.05) is 0 Å². The SMILES string of the molecule is CC1(C)[C@@H]2C[C@H]3OB([C@H](Cc4coc5ccccc45)N(SI)SI)O[C@@]3(C)[C@H]1C2. The molecule has 0 amide bonds. The van der Waals surface area contributed by atoms with E-state index in [0.29, 0.717) is 11.3 Å². The Balaban J connectivity index is 1.44. The Kier molecular flexibility index (Phi) is 6.00. The van der Waals surface area contributed by atoms with Gasteiger partial charge in [-0.25, -0.2) is 0 Å². The summed E-state index contributed by atoms with van der Waals surface area (Å²) in [5, 5.41) is 1.18. The molecule has 1 aliphatic heterocycles. The summed E-state index contributed by atoms with van der Waals surface area (Å²) in [5.41, 5.74) is 2.32. The van der Waals surface area contributed by atoms with Gasteiger partial charge in [0.25, 0.3) is 0 Å². The molecule has 2 bridgehead atoms. The Morgan fingerprint density at radius 1 is 1.21 bits per heavy atom. The van der Waals surface area contributed by atoms with Crippen LogP contribution >= 0.6 is 60.6 Å². The first-order valence-electron chi connectivity index (χ1n) is 10.0. The van der Waals surface area contributed by atoms with Gasteiger partial charge in [-0.3, -0.25) is 0 Å². The van der Waals surface area contributed by atoms with E-state index in [1.54, 1.807) is 18.2 Å². The van der Waals surface area contributed by atoms with Crippen LogP contribution in [0.1, 0.15) is 39.2 Å². The molecule has 4 aliphatic rings. The molecule has 1 aromatic heterocycles. The molecule has 3 aliphatic carbocycles. The lowest BCUT2D eigenvalue weighted by Crippen LogP contribution is -2.65. The Hall–Kier alpha value is 0.865. The van der Waals surface area contributed by atoms with Gasteiger partial charge in [0.05, 0.1) is 23.9 Å². The van der Waals surface area contributed by atoms with Crippen molar-refractivity contribution in [2.45, 2.75) is 57.7 Å². The topological polar surface area (TPSA) is 34.8 Å². The molecule has 9 heteroatoms. The first kappa shape index (κ1) is 21.7. The number of para-hydroxylation sites is 1. The Morgan fingerprint density at radius 3 is 2.69 bits per heavy atom. The van der Waals surface area contributed by atoms with Crippen molar-refractivity contribution in [3.05, 3.63) is 36.1 Å². The first-order valence-corrected chi connectivity index (χ1v) is 16.7. The summed E-state index contributed by atoms with van der Waals surface area (Å²) >= 11 is 4.71. The molecule has 156 valence electrons. The number of halogens is 2. The van der Waals surface area contributed by atoms with Crippen molar-refractivity contribution in [3.63, 3.8) is 0 Å². The fraction of sp³-hybridized carbons (Fsp3) is 0.600. The fourth-order valence-electron chi connectivity index (χ4n) is 5.86. The molecule has 4 nitrogen and oxygen atoms in total. The number of fused-ring (bicyclic) bond motifs is 1. The molecule has 1 aromatic carbocycles. The van der Waals surface area contributed by atoms with Crippen LogP contribution in [0, 0.1) is 17.3 Å². The summed E-state index contributed by atoms with van der Waals surface area (Å²) in [6.45, 7) is 7.11. The van der Waals surface area contributed by atoms with Gasteiger partial charge in [0.2, 0.25) is 0 Å². The Morgan fingerprint density at radius 2 is 1.97 bits per heavy atom. The van der Waals surface area contributed by atoms with Crippen molar-refractivity contribution in [1.82, 2.24) is 3.71 Å². The fourth-order valence-corrected chi connectivity index (χ4v) is 12.5. The highest BCUT2D eigenvalue weighted by Crippen LogP contribution is 2.66.